The number of aliphatic hydroxyl groups excluding tert-OH is 1. The first-order chi connectivity index (χ1) is 12.9. The summed E-state index contributed by atoms with van der Waals surface area (Å²) in [6.45, 7) is 2.01. The third-order valence-corrected chi connectivity index (χ3v) is 4.71. The van der Waals surface area contributed by atoms with Crippen LogP contribution in [0.5, 0.6) is 0 Å². The predicted octanol–water partition coefficient (Wildman–Crippen LogP) is 3.36. The lowest BCUT2D eigenvalue weighted by molar-refractivity contribution is -0.120. The fraction of sp³-hybridized carbons (Fsp3) is 0.300. The van der Waals surface area contributed by atoms with Crippen molar-refractivity contribution in [3.05, 3.63) is 64.7 Å². The van der Waals surface area contributed by atoms with Gasteiger partial charge in [-0.05, 0) is 30.2 Å². The number of carbonyl (C=O) groups excluding carboxylic acids is 2. The molecule has 7 heteroatoms. The van der Waals surface area contributed by atoms with Crippen LogP contribution in [-0.2, 0) is 16.1 Å². The molecule has 2 atom stereocenters. The van der Waals surface area contributed by atoms with Gasteiger partial charge in [0.05, 0.1) is 12.6 Å². The van der Waals surface area contributed by atoms with Gasteiger partial charge >= 0.3 is 6.09 Å². The standard InChI is InChI=1S/C20H21ClN2O4/c1-13-7-8-15(21)9-17(13)22-19(25)18-10-16(24)11-23(18)20(26)27-12-14-5-3-2-4-6-14/h2-9,16,18,24H,10-12H2,1H3,(H,22,25)/t16-,18-/m0/s1. The van der Waals surface area contributed by atoms with Gasteiger partial charge in [-0.3, -0.25) is 9.69 Å². The van der Waals surface area contributed by atoms with Crippen LogP contribution in [0.15, 0.2) is 48.5 Å². The minimum atomic E-state index is -0.804. The van der Waals surface area contributed by atoms with E-state index in [-0.39, 0.29) is 25.5 Å². The highest BCUT2D eigenvalue weighted by molar-refractivity contribution is 6.31. The third kappa shape index (κ3) is 4.78. The third-order valence-electron chi connectivity index (χ3n) is 4.48. The molecule has 3 rings (SSSR count). The summed E-state index contributed by atoms with van der Waals surface area (Å²) < 4.78 is 5.31. The van der Waals surface area contributed by atoms with E-state index in [1.807, 2.05) is 37.3 Å². The second-order valence-electron chi connectivity index (χ2n) is 6.55. The summed E-state index contributed by atoms with van der Waals surface area (Å²) in [7, 11) is 0. The van der Waals surface area contributed by atoms with Crippen LogP contribution < -0.4 is 5.32 Å². The number of ether oxygens (including phenoxy) is 1. The second-order valence-corrected chi connectivity index (χ2v) is 6.98. The Hall–Kier alpha value is -2.57. The zero-order chi connectivity index (χ0) is 19.4. The number of nitrogens with one attached hydrogen (secondary N) is 1. The Morgan fingerprint density at radius 2 is 2.00 bits per heavy atom. The van der Waals surface area contributed by atoms with E-state index in [0.29, 0.717) is 10.7 Å². The van der Waals surface area contributed by atoms with E-state index >= 15 is 0 Å². The van der Waals surface area contributed by atoms with Gasteiger partial charge in [-0.2, -0.15) is 0 Å². The molecule has 27 heavy (non-hydrogen) atoms. The molecule has 1 saturated heterocycles. The van der Waals surface area contributed by atoms with Crippen LogP contribution in [0.2, 0.25) is 5.02 Å². The molecular formula is C20H21ClN2O4. The van der Waals surface area contributed by atoms with Gasteiger partial charge in [-0.1, -0.05) is 48.0 Å². The van der Waals surface area contributed by atoms with Crippen molar-refractivity contribution in [2.24, 2.45) is 0 Å². The summed E-state index contributed by atoms with van der Waals surface area (Å²) in [5.41, 5.74) is 2.28. The van der Waals surface area contributed by atoms with E-state index < -0.39 is 18.2 Å². The molecule has 0 unspecified atom stereocenters. The number of hydrogen-bond donors (Lipinski definition) is 2. The molecule has 2 aromatic carbocycles. The Labute approximate surface area is 162 Å². The van der Waals surface area contributed by atoms with E-state index in [2.05, 4.69) is 5.32 Å². The predicted molar refractivity (Wildman–Crippen MR) is 103 cm³/mol. The van der Waals surface area contributed by atoms with Crippen molar-refractivity contribution in [2.75, 3.05) is 11.9 Å². The molecule has 142 valence electrons. The Bertz CT molecular complexity index is 828. The van der Waals surface area contributed by atoms with Gasteiger partial charge in [0, 0.05) is 17.1 Å². The average Bonchev–Trinajstić information content (AvgIpc) is 3.05. The molecule has 0 bridgehead atoms. The normalized spacial score (nSPS) is 19.0. The van der Waals surface area contributed by atoms with Crippen molar-refractivity contribution in [1.82, 2.24) is 4.90 Å². The molecule has 0 saturated carbocycles. The van der Waals surface area contributed by atoms with Crippen LogP contribution in [0.25, 0.3) is 0 Å². The molecule has 6 nitrogen and oxygen atoms in total. The number of hydrogen-bond acceptors (Lipinski definition) is 4. The smallest absolute Gasteiger partial charge is 0.410 e. The van der Waals surface area contributed by atoms with Gasteiger partial charge < -0.3 is 15.2 Å². The molecule has 0 spiro atoms. The van der Waals surface area contributed by atoms with E-state index in [9.17, 15) is 14.7 Å². The highest BCUT2D eigenvalue weighted by Crippen LogP contribution is 2.24. The number of amides is 2. The second kappa shape index (κ2) is 8.41. The first kappa shape index (κ1) is 19.2. The van der Waals surface area contributed by atoms with Crippen molar-refractivity contribution in [3.8, 4) is 0 Å². The van der Waals surface area contributed by atoms with Crippen LogP contribution in [0.4, 0.5) is 10.5 Å². The molecule has 1 aliphatic rings. The molecule has 2 amide bonds. The topological polar surface area (TPSA) is 78.9 Å². The van der Waals surface area contributed by atoms with Crippen LogP contribution in [-0.4, -0.2) is 40.7 Å². The number of β-amino-alcohol motifs (C(OH)–C–C–N with tert-alkyl or cyclic N) is 1. The summed E-state index contributed by atoms with van der Waals surface area (Å²) >= 11 is 5.99. The molecule has 1 fully saturated rings. The van der Waals surface area contributed by atoms with E-state index in [1.54, 1.807) is 18.2 Å². The zero-order valence-corrected chi connectivity index (χ0v) is 15.6. The van der Waals surface area contributed by atoms with E-state index in [0.717, 1.165) is 11.1 Å². The van der Waals surface area contributed by atoms with Crippen molar-refractivity contribution in [3.63, 3.8) is 0 Å². The number of anilines is 1. The van der Waals surface area contributed by atoms with Gasteiger partial charge in [-0.25, -0.2) is 4.79 Å². The number of halogens is 1. The average molecular weight is 389 g/mol. The summed E-state index contributed by atoms with van der Waals surface area (Å²) in [4.78, 5) is 26.4. The fourth-order valence-electron chi connectivity index (χ4n) is 3.01. The maximum atomic E-state index is 12.7. The van der Waals surface area contributed by atoms with Crippen molar-refractivity contribution in [2.45, 2.75) is 32.1 Å². The Kier molecular flexibility index (Phi) is 5.98. The molecule has 2 N–H and O–H groups in total. The minimum absolute atomic E-state index is 0.0558. The van der Waals surface area contributed by atoms with Gasteiger partial charge in [0.15, 0.2) is 0 Å². The Morgan fingerprint density at radius 3 is 2.74 bits per heavy atom. The summed E-state index contributed by atoms with van der Waals surface area (Å²) in [6, 6.07) is 13.7. The molecular weight excluding hydrogens is 368 g/mol. The van der Waals surface area contributed by atoms with Gasteiger partial charge in [0.2, 0.25) is 5.91 Å². The van der Waals surface area contributed by atoms with Crippen molar-refractivity contribution in [1.29, 1.82) is 0 Å². The molecule has 1 aliphatic heterocycles. The van der Waals surface area contributed by atoms with Gasteiger partial charge in [0.1, 0.15) is 12.6 Å². The summed E-state index contributed by atoms with van der Waals surface area (Å²) in [6.07, 6.45) is -1.24. The highest BCUT2D eigenvalue weighted by Gasteiger charge is 2.40. The quantitative estimate of drug-likeness (QED) is 0.841. The molecule has 0 aromatic heterocycles. The van der Waals surface area contributed by atoms with Crippen molar-refractivity contribution >= 4 is 29.3 Å². The molecule has 0 aliphatic carbocycles. The van der Waals surface area contributed by atoms with Crippen molar-refractivity contribution < 1.29 is 19.4 Å². The lowest BCUT2D eigenvalue weighted by Gasteiger charge is -2.23. The molecule has 0 radical (unpaired) electrons. The summed E-state index contributed by atoms with van der Waals surface area (Å²) in [5.74, 6) is -0.381. The van der Waals surface area contributed by atoms with E-state index in [1.165, 1.54) is 4.90 Å². The van der Waals surface area contributed by atoms with Gasteiger partial charge in [-0.15, -0.1) is 0 Å². The van der Waals surface area contributed by atoms with Crippen LogP contribution in [0.1, 0.15) is 17.5 Å². The summed E-state index contributed by atoms with van der Waals surface area (Å²) in [5, 5.41) is 13.3. The Balaban J connectivity index is 1.66. The number of nitrogens with zero attached hydrogens (tertiary/aromatic N) is 1. The highest BCUT2D eigenvalue weighted by atomic mass is 35.5. The Morgan fingerprint density at radius 1 is 1.26 bits per heavy atom. The largest absolute Gasteiger partial charge is 0.445 e. The van der Waals surface area contributed by atoms with E-state index in [4.69, 9.17) is 16.3 Å². The number of likely N-dealkylation sites (tertiary alicyclic amines) is 1. The van der Waals surface area contributed by atoms with Crippen LogP contribution >= 0.6 is 11.6 Å². The van der Waals surface area contributed by atoms with Crippen LogP contribution in [0, 0.1) is 6.92 Å². The fourth-order valence-corrected chi connectivity index (χ4v) is 3.18. The number of rotatable bonds is 4. The molecule has 1 heterocycles. The number of aryl methyl sites for hydroxylation is 1. The SMILES string of the molecule is Cc1ccc(Cl)cc1NC(=O)[C@@H]1C[C@H](O)CN1C(=O)OCc1ccccc1. The zero-order valence-electron chi connectivity index (χ0n) is 14.9. The van der Waals surface area contributed by atoms with Gasteiger partial charge in [0.25, 0.3) is 0 Å². The number of benzene rings is 2. The maximum absolute atomic E-state index is 12.7. The lowest BCUT2D eigenvalue weighted by Crippen LogP contribution is -2.43. The maximum Gasteiger partial charge on any atom is 0.410 e. The van der Waals surface area contributed by atoms with Crippen LogP contribution in [0.3, 0.4) is 0 Å². The monoisotopic (exact) mass is 388 g/mol. The lowest BCUT2D eigenvalue weighted by atomic mass is 10.1. The first-order valence-electron chi connectivity index (χ1n) is 8.66. The molecule has 2 aromatic rings. The minimum Gasteiger partial charge on any atom is -0.445 e. The number of aliphatic hydroxyl groups is 1. The number of carbonyl (C=O) groups is 2. The first-order valence-corrected chi connectivity index (χ1v) is 9.04.